The number of likely N-dealkylation sites (tertiary alicyclic amines) is 1. The number of nitrogens with zero attached hydrogens (tertiary/aromatic N) is 3. The largest absolute Gasteiger partial charge is 0.505 e. The van der Waals surface area contributed by atoms with Gasteiger partial charge in [0.1, 0.15) is 11.3 Å². The molecule has 3 aromatic rings. The van der Waals surface area contributed by atoms with Gasteiger partial charge in [-0.2, -0.15) is 0 Å². The molecule has 10 nitrogen and oxygen atoms in total. The van der Waals surface area contributed by atoms with E-state index in [1.165, 1.54) is 33.3 Å². The first-order valence-electron chi connectivity index (χ1n) is 11.3. The average Bonchev–Trinajstić information content (AvgIpc) is 3.35. The summed E-state index contributed by atoms with van der Waals surface area (Å²) in [6.07, 6.45) is 1.83. The maximum atomic E-state index is 13.3. The number of rotatable bonds is 8. The Morgan fingerprint density at radius 1 is 1.06 bits per heavy atom. The number of aromatic nitrogens is 2. The van der Waals surface area contributed by atoms with Gasteiger partial charge in [-0.1, -0.05) is 6.07 Å². The van der Waals surface area contributed by atoms with Gasteiger partial charge >= 0.3 is 0 Å². The molecule has 0 radical (unpaired) electrons. The monoisotopic (exact) mass is 495 g/mol. The summed E-state index contributed by atoms with van der Waals surface area (Å²) in [4.78, 5) is 32.5. The lowest BCUT2D eigenvalue weighted by Gasteiger charge is -2.26. The second-order valence-corrected chi connectivity index (χ2v) is 8.37. The van der Waals surface area contributed by atoms with Gasteiger partial charge in [0.05, 0.1) is 45.2 Å². The summed E-state index contributed by atoms with van der Waals surface area (Å²) in [5.41, 5.74) is 2.84. The van der Waals surface area contributed by atoms with Gasteiger partial charge in [-0.15, -0.1) is 0 Å². The third kappa shape index (κ3) is 3.93. The minimum atomic E-state index is -0.931. The molecule has 4 rings (SSSR count). The highest BCUT2D eigenvalue weighted by molar-refractivity contribution is 6.46. The minimum absolute atomic E-state index is 0.0745. The molecule has 1 aromatic carbocycles. The highest BCUT2D eigenvalue weighted by Gasteiger charge is 2.47. The maximum Gasteiger partial charge on any atom is 0.295 e. The summed E-state index contributed by atoms with van der Waals surface area (Å²) in [6, 6.07) is 6.17. The SMILES string of the molecule is COCCN1C(=O)C(=O)C(=C(O)c2nc3c(C)cccn3c2C)C1c1cc(OC)c(OC)c(OC)c1. The topological polar surface area (TPSA) is 112 Å². The van der Waals surface area contributed by atoms with Gasteiger partial charge < -0.3 is 33.4 Å². The van der Waals surface area contributed by atoms with Gasteiger partial charge in [-0.05, 0) is 43.2 Å². The predicted octanol–water partition coefficient (Wildman–Crippen LogP) is 3.05. The van der Waals surface area contributed by atoms with Gasteiger partial charge in [0.15, 0.2) is 17.3 Å². The third-order valence-electron chi connectivity index (χ3n) is 6.39. The van der Waals surface area contributed by atoms with Gasteiger partial charge in [0.2, 0.25) is 5.75 Å². The standard InChI is InChI=1S/C26H29N3O7/c1-14-8-7-9-28-15(2)20(27-25(14)28)22(30)19-21(29(10-11-33-3)26(32)23(19)31)16-12-17(34-4)24(36-6)18(13-16)35-5/h7-9,12-13,21,30H,10-11H2,1-6H3. The van der Waals surface area contributed by atoms with Crippen LogP contribution in [0.5, 0.6) is 17.2 Å². The number of hydrogen-bond acceptors (Lipinski definition) is 8. The van der Waals surface area contributed by atoms with Crippen LogP contribution in [0.1, 0.15) is 28.6 Å². The van der Waals surface area contributed by atoms with E-state index in [1.54, 1.807) is 19.1 Å². The van der Waals surface area contributed by atoms with Crippen molar-refractivity contribution in [1.82, 2.24) is 14.3 Å². The van der Waals surface area contributed by atoms with Crippen LogP contribution < -0.4 is 14.2 Å². The number of fused-ring (bicyclic) bond motifs is 1. The number of carbonyl (C=O) groups is 2. The Morgan fingerprint density at radius 3 is 2.28 bits per heavy atom. The predicted molar refractivity (Wildman–Crippen MR) is 132 cm³/mol. The lowest BCUT2D eigenvalue weighted by molar-refractivity contribution is -0.140. The Hall–Kier alpha value is -4.05. The fourth-order valence-corrected chi connectivity index (χ4v) is 4.58. The van der Waals surface area contributed by atoms with E-state index in [0.717, 1.165) is 5.56 Å². The fraction of sp³-hybridized carbons (Fsp3) is 0.346. The highest BCUT2D eigenvalue weighted by atomic mass is 16.5. The molecule has 1 saturated heterocycles. The highest BCUT2D eigenvalue weighted by Crippen LogP contribution is 2.45. The lowest BCUT2D eigenvalue weighted by Crippen LogP contribution is -2.32. The van der Waals surface area contributed by atoms with Gasteiger partial charge in [0.25, 0.3) is 11.7 Å². The zero-order chi connectivity index (χ0) is 26.1. The van der Waals surface area contributed by atoms with Crippen LogP contribution in [0.25, 0.3) is 11.4 Å². The number of ether oxygens (including phenoxy) is 4. The Balaban J connectivity index is 1.99. The number of pyridine rings is 1. The van der Waals surface area contributed by atoms with Gasteiger partial charge in [-0.3, -0.25) is 9.59 Å². The van der Waals surface area contributed by atoms with E-state index >= 15 is 0 Å². The fourth-order valence-electron chi connectivity index (χ4n) is 4.58. The molecule has 3 heterocycles. The molecule has 1 N–H and O–H groups in total. The van der Waals surface area contributed by atoms with Crippen molar-refractivity contribution in [3.8, 4) is 17.2 Å². The minimum Gasteiger partial charge on any atom is -0.505 e. The molecule has 1 aliphatic heterocycles. The Morgan fingerprint density at radius 2 is 1.72 bits per heavy atom. The molecule has 190 valence electrons. The Labute approximate surface area is 208 Å². The Bertz CT molecular complexity index is 1350. The molecule has 36 heavy (non-hydrogen) atoms. The second kappa shape index (κ2) is 9.90. The first-order valence-corrected chi connectivity index (χ1v) is 11.3. The lowest BCUT2D eigenvalue weighted by atomic mass is 9.95. The second-order valence-electron chi connectivity index (χ2n) is 8.37. The van der Waals surface area contributed by atoms with Crippen molar-refractivity contribution in [2.24, 2.45) is 0 Å². The van der Waals surface area contributed by atoms with E-state index in [2.05, 4.69) is 4.98 Å². The number of Topliss-reactive ketones (excluding diaryl/α,β-unsaturated/α-hetero) is 1. The van der Waals surface area contributed by atoms with Crippen molar-refractivity contribution in [3.05, 3.63) is 58.6 Å². The summed E-state index contributed by atoms with van der Waals surface area (Å²) < 4.78 is 23.4. The first-order chi connectivity index (χ1) is 17.3. The van der Waals surface area contributed by atoms with Crippen molar-refractivity contribution < 1.29 is 33.6 Å². The number of ketones is 1. The van der Waals surface area contributed by atoms with Crippen LogP contribution >= 0.6 is 0 Å². The quantitative estimate of drug-likeness (QED) is 0.288. The van der Waals surface area contributed by atoms with Crippen molar-refractivity contribution in [2.45, 2.75) is 19.9 Å². The van der Waals surface area contributed by atoms with Crippen molar-refractivity contribution in [1.29, 1.82) is 0 Å². The number of carbonyl (C=O) groups excluding carboxylic acids is 2. The van der Waals surface area contributed by atoms with Gasteiger partial charge in [0, 0.05) is 19.9 Å². The first kappa shape index (κ1) is 25.1. The molecule has 1 amide bonds. The van der Waals surface area contributed by atoms with E-state index in [4.69, 9.17) is 18.9 Å². The molecule has 1 atom stereocenters. The summed E-state index contributed by atoms with van der Waals surface area (Å²) in [7, 11) is 5.95. The number of methoxy groups -OCH3 is 4. The summed E-state index contributed by atoms with van der Waals surface area (Å²) >= 11 is 0. The molecule has 0 spiro atoms. The molecular formula is C26H29N3O7. The van der Waals surface area contributed by atoms with Crippen LogP contribution in [0.15, 0.2) is 36.0 Å². The summed E-state index contributed by atoms with van der Waals surface area (Å²) in [5, 5.41) is 11.5. The maximum absolute atomic E-state index is 13.3. The molecule has 1 aliphatic rings. The third-order valence-corrected chi connectivity index (χ3v) is 6.39. The smallest absolute Gasteiger partial charge is 0.295 e. The van der Waals surface area contributed by atoms with Crippen LogP contribution in [0.3, 0.4) is 0 Å². The molecular weight excluding hydrogens is 466 g/mol. The van der Waals surface area contributed by atoms with Crippen LogP contribution in [0, 0.1) is 13.8 Å². The van der Waals surface area contributed by atoms with E-state index in [9.17, 15) is 14.7 Å². The van der Waals surface area contributed by atoms with Crippen molar-refractivity contribution >= 4 is 23.1 Å². The molecule has 2 aromatic heterocycles. The average molecular weight is 496 g/mol. The number of aliphatic hydroxyl groups is 1. The summed E-state index contributed by atoms with van der Waals surface area (Å²) in [6.45, 7) is 4.03. The normalized spacial score (nSPS) is 17.2. The van der Waals surface area contributed by atoms with E-state index < -0.39 is 17.7 Å². The Kier molecular flexibility index (Phi) is 6.89. The molecule has 10 heteroatoms. The summed E-state index contributed by atoms with van der Waals surface area (Å²) in [5.74, 6) is -0.843. The zero-order valence-electron chi connectivity index (χ0n) is 21.1. The molecule has 1 unspecified atom stereocenters. The number of imidazole rings is 1. The van der Waals surface area contributed by atoms with E-state index in [0.29, 0.717) is 34.2 Å². The number of hydrogen-bond donors (Lipinski definition) is 1. The number of benzene rings is 1. The van der Waals surface area contributed by atoms with Crippen LogP contribution in [0.4, 0.5) is 0 Å². The number of aliphatic hydroxyl groups excluding tert-OH is 1. The van der Waals surface area contributed by atoms with Crippen molar-refractivity contribution in [2.75, 3.05) is 41.6 Å². The molecule has 0 saturated carbocycles. The molecule has 1 fully saturated rings. The van der Waals surface area contributed by atoms with Crippen LogP contribution in [-0.4, -0.2) is 72.7 Å². The van der Waals surface area contributed by atoms with E-state index in [1.807, 2.05) is 29.7 Å². The van der Waals surface area contributed by atoms with Crippen LogP contribution in [-0.2, 0) is 14.3 Å². The van der Waals surface area contributed by atoms with E-state index in [-0.39, 0.29) is 30.2 Å². The molecule has 0 bridgehead atoms. The molecule has 0 aliphatic carbocycles. The number of aryl methyl sites for hydroxylation is 2. The van der Waals surface area contributed by atoms with Gasteiger partial charge in [-0.25, -0.2) is 4.98 Å². The number of amides is 1. The van der Waals surface area contributed by atoms with Crippen LogP contribution in [0.2, 0.25) is 0 Å². The van der Waals surface area contributed by atoms with Crippen molar-refractivity contribution in [3.63, 3.8) is 0 Å². The zero-order valence-corrected chi connectivity index (χ0v) is 21.1.